The summed E-state index contributed by atoms with van der Waals surface area (Å²) in [7, 11) is 0. The fourth-order valence-electron chi connectivity index (χ4n) is 1.90. The Morgan fingerprint density at radius 2 is 1.29 bits per heavy atom. The van der Waals surface area contributed by atoms with Crippen LogP contribution in [-0.2, 0) is 9.59 Å². The highest BCUT2D eigenvalue weighted by Gasteiger charge is 2.20. The van der Waals surface area contributed by atoms with Crippen LogP contribution in [-0.4, -0.2) is 24.9 Å². The van der Waals surface area contributed by atoms with Crippen molar-refractivity contribution in [1.82, 2.24) is 10.6 Å². The standard InChI is InChI=1S/C17H26N2O2/c1-5-7-9-11-18-16(20)14(3)13-15(4)17(21)19-12-10-8-6-2/h1-2,14-15H,7-13H2,3-4H3,(H,18,20)(H,19,21). The first-order chi connectivity index (χ1) is 10.0. The van der Waals surface area contributed by atoms with Crippen molar-refractivity contribution in [2.24, 2.45) is 11.8 Å². The first-order valence-corrected chi connectivity index (χ1v) is 7.45. The predicted molar refractivity (Wildman–Crippen MR) is 85.1 cm³/mol. The second-order valence-corrected chi connectivity index (χ2v) is 5.24. The van der Waals surface area contributed by atoms with Gasteiger partial charge in [-0.1, -0.05) is 13.8 Å². The smallest absolute Gasteiger partial charge is 0.222 e. The molecule has 0 aliphatic carbocycles. The van der Waals surface area contributed by atoms with Crippen molar-refractivity contribution in [3.05, 3.63) is 0 Å². The van der Waals surface area contributed by atoms with E-state index in [2.05, 4.69) is 22.5 Å². The van der Waals surface area contributed by atoms with Gasteiger partial charge in [-0.05, 0) is 19.3 Å². The van der Waals surface area contributed by atoms with Crippen molar-refractivity contribution in [1.29, 1.82) is 0 Å². The van der Waals surface area contributed by atoms with Crippen molar-refractivity contribution < 1.29 is 9.59 Å². The van der Waals surface area contributed by atoms with Gasteiger partial charge >= 0.3 is 0 Å². The van der Waals surface area contributed by atoms with Gasteiger partial charge in [0.2, 0.25) is 11.8 Å². The third-order valence-electron chi connectivity index (χ3n) is 3.20. The van der Waals surface area contributed by atoms with Gasteiger partial charge in [-0.2, -0.15) is 0 Å². The van der Waals surface area contributed by atoms with Gasteiger partial charge in [-0.15, -0.1) is 24.7 Å². The molecule has 0 aliphatic rings. The Morgan fingerprint density at radius 3 is 1.62 bits per heavy atom. The van der Waals surface area contributed by atoms with Gasteiger partial charge in [0, 0.05) is 37.8 Å². The second kappa shape index (κ2) is 11.9. The Bertz CT molecular complexity index is 366. The van der Waals surface area contributed by atoms with Crippen LogP contribution in [0.15, 0.2) is 0 Å². The fourth-order valence-corrected chi connectivity index (χ4v) is 1.90. The van der Waals surface area contributed by atoms with Gasteiger partial charge in [0.15, 0.2) is 0 Å². The van der Waals surface area contributed by atoms with E-state index in [1.807, 2.05) is 13.8 Å². The summed E-state index contributed by atoms with van der Waals surface area (Å²) >= 11 is 0. The maximum atomic E-state index is 11.8. The molecule has 2 atom stereocenters. The molecule has 0 aromatic rings. The summed E-state index contributed by atoms with van der Waals surface area (Å²) in [5.74, 6) is 4.62. The lowest BCUT2D eigenvalue weighted by atomic mass is 9.96. The van der Waals surface area contributed by atoms with Crippen LogP contribution in [0.2, 0.25) is 0 Å². The van der Waals surface area contributed by atoms with Gasteiger partial charge in [0.05, 0.1) is 0 Å². The molecule has 21 heavy (non-hydrogen) atoms. The van der Waals surface area contributed by atoms with Crippen LogP contribution in [0.4, 0.5) is 0 Å². The summed E-state index contributed by atoms with van der Waals surface area (Å²) in [5, 5.41) is 5.67. The minimum Gasteiger partial charge on any atom is -0.356 e. The molecule has 0 rings (SSSR count). The quantitative estimate of drug-likeness (QED) is 0.475. The molecule has 0 aliphatic heterocycles. The number of terminal acetylenes is 2. The lowest BCUT2D eigenvalue weighted by Gasteiger charge is -2.17. The SMILES string of the molecule is C#CCCCNC(=O)C(C)CC(C)C(=O)NCCCC#C. The Labute approximate surface area is 128 Å². The number of carbonyl (C=O) groups excluding carboxylic acids is 2. The summed E-state index contributed by atoms with van der Waals surface area (Å²) in [6, 6.07) is 0. The van der Waals surface area contributed by atoms with Crippen LogP contribution in [0.25, 0.3) is 0 Å². The van der Waals surface area contributed by atoms with Gasteiger partial charge in [-0.25, -0.2) is 0 Å². The number of rotatable bonds is 10. The predicted octanol–water partition coefficient (Wildman–Crippen LogP) is 1.71. The number of amides is 2. The lowest BCUT2D eigenvalue weighted by Crippen LogP contribution is -2.35. The number of unbranched alkanes of at least 4 members (excludes halogenated alkanes) is 2. The van der Waals surface area contributed by atoms with E-state index >= 15 is 0 Å². The number of carbonyl (C=O) groups is 2. The van der Waals surface area contributed by atoms with E-state index in [1.165, 1.54) is 0 Å². The average Bonchev–Trinajstić information content (AvgIpc) is 2.47. The van der Waals surface area contributed by atoms with Crippen LogP contribution in [0.1, 0.15) is 46.0 Å². The molecule has 0 heterocycles. The fraction of sp³-hybridized carbons (Fsp3) is 0.647. The first-order valence-electron chi connectivity index (χ1n) is 7.45. The molecule has 2 unspecified atom stereocenters. The molecule has 0 radical (unpaired) electrons. The molecule has 0 spiro atoms. The summed E-state index contributed by atoms with van der Waals surface area (Å²) in [6.45, 7) is 4.83. The van der Waals surface area contributed by atoms with E-state index < -0.39 is 0 Å². The molecule has 2 amide bonds. The molecule has 4 nitrogen and oxygen atoms in total. The number of nitrogens with one attached hydrogen (secondary N) is 2. The van der Waals surface area contributed by atoms with E-state index in [0.29, 0.717) is 32.4 Å². The normalized spacial score (nSPS) is 12.6. The highest BCUT2D eigenvalue weighted by molar-refractivity contribution is 5.81. The highest BCUT2D eigenvalue weighted by Crippen LogP contribution is 2.12. The topological polar surface area (TPSA) is 58.2 Å². The zero-order chi connectivity index (χ0) is 16.1. The van der Waals surface area contributed by atoms with E-state index in [9.17, 15) is 9.59 Å². The van der Waals surface area contributed by atoms with Crippen LogP contribution in [0.5, 0.6) is 0 Å². The Hall–Kier alpha value is -1.94. The third kappa shape index (κ3) is 9.57. The maximum Gasteiger partial charge on any atom is 0.222 e. The number of hydrogen-bond acceptors (Lipinski definition) is 2. The van der Waals surface area contributed by atoms with Crippen LogP contribution in [0, 0.1) is 36.5 Å². The summed E-state index contributed by atoms with van der Waals surface area (Å²) in [4.78, 5) is 23.7. The van der Waals surface area contributed by atoms with Crippen molar-refractivity contribution in [2.45, 2.75) is 46.0 Å². The van der Waals surface area contributed by atoms with Gasteiger partial charge < -0.3 is 10.6 Å². The molecule has 0 bridgehead atoms. The Morgan fingerprint density at radius 1 is 0.905 bits per heavy atom. The van der Waals surface area contributed by atoms with Gasteiger partial charge in [-0.3, -0.25) is 9.59 Å². The highest BCUT2D eigenvalue weighted by atomic mass is 16.2. The third-order valence-corrected chi connectivity index (χ3v) is 3.20. The maximum absolute atomic E-state index is 11.8. The van der Waals surface area contributed by atoms with Crippen molar-refractivity contribution >= 4 is 11.8 Å². The van der Waals surface area contributed by atoms with Crippen LogP contribution >= 0.6 is 0 Å². The summed E-state index contributed by atoms with van der Waals surface area (Å²) in [6.07, 6.45) is 13.7. The van der Waals surface area contributed by atoms with E-state index in [0.717, 1.165) is 12.8 Å². The lowest BCUT2D eigenvalue weighted by molar-refractivity contribution is -0.127. The van der Waals surface area contributed by atoms with Gasteiger partial charge in [0.25, 0.3) is 0 Å². The Kier molecular flexibility index (Phi) is 10.8. The Balaban J connectivity index is 3.93. The summed E-state index contributed by atoms with van der Waals surface area (Å²) in [5.41, 5.74) is 0. The van der Waals surface area contributed by atoms with Gasteiger partial charge in [0.1, 0.15) is 0 Å². The number of hydrogen-bond donors (Lipinski definition) is 2. The minimum atomic E-state index is -0.192. The molecular formula is C17H26N2O2. The summed E-state index contributed by atoms with van der Waals surface area (Å²) < 4.78 is 0. The molecule has 2 N–H and O–H groups in total. The second-order valence-electron chi connectivity index (χ2n) is 5.24. The van der Waals surface area contributed by atoms with Crippen LogP contribution < -0.4 is 10.6 Å². The molecule has 116 valence electrons. The zero-order valence-corrected chi connectivity index (χ0v) is 13.1. The van der Waals surface area contributed by atoms with Crippen molar-refractivity contribution in [3.8, 4) is 24.7 Å². The largest absolute Gasteiger partial charge is 0.356 e. The molecule has 0 aromatic carbocycles. The average molecular weight is 290 g/mol. The molecule has 0 saturated heterocycles. The molecule has 4 heteroatoms. The van der Waals surface area contributed by atoms with E-state index in [1.54, 1.807) is 0 Å². The van der Waals surface area contributed by atoms with Crippen LogP contribution in [0.3, 0.4) is 0 Å². The molecule has 0 saturated carbocycles. The minimum absolute atomic E-state index is 0.0287. The van der Waals surface area contributed by atoms with Crippen molar-refractivity contribution in [3.63, 3.8) is 0 Å². The first kappa shape index (κ1) is 19.1. The zero-order valence-electron chi connectivity index (χ0n) is 13.1. The molecule has 0 aromatic heterocycles. The molecular weight excluding hydrogens is 264 g/mol. The van der Waals surface area contributed by atoms with E-state index in [-0.39, 0.29) is 23.7 Å². The van der Waals surface area contributed by atoms with E-state index in [4.69, 9.17) is 12.8 Å². The molecule has 0 fully saturated rings. The monoisotopic (exact) mass is 290 g/mol. The van der Waals surface area contributed by atoms with Crippen molar-refractivity contribution in [2.75, 3.05) is 13.1 Å².